The van der Waals surface area contributed by atoms with E-state index in [1.54, 1.807) is 7.11 Å². The highest BCUT2D eigenvalue weighted by molar-refractivity contribution is 5.85. The summed E-state index contributed by atoms with van der Waals surface area (Å²) < 4.78 is 11.8. The van der Waals surface area contributed by atoms with E-state index in [2.05, 4.69) is 37.8 Å². The molecule has 0 heterocycles. The lowest BCUT2D eigenvalue weighted by atomic mass is 10.1. The maximum absolute atomic E-state index is 6.07. The maximum atomic E-state index is 6.07. The summed E-state index contributed by atoms with van der Waals surface area (Å²) in [5.41, 5.74) is 3.33. The molecule has 0 saturated carbocycles. The van der Waals surface area contributed by atoms with Crippen LogP contribution in [0.2, 0.25) is 0 Å². The van der Waals surface area contributed by atoms with Gasteiger partial charge in [0.1, 0.15) is 25.2 Å². The van der Waals surface area contributed by atoms with Crippen LogP contribution in [0, 0.1) is 13.8 Å². The Hall–Kier alpha value is -2.01. The molecule has 1 aromatic rings. The Bertz CT molecular complexity index is 603. The van der Waals surface area contributed by atoms with Crippen LogP contribution < -0.4 is 9.47 Å². The number of allylic oxidation sites excluding steroid dienone is 1. The number of unbranched alkanes of at least 4 members (excludes halogenated alkanes) is 1. The van der Waals surface area contributed by atoms with Crippen molar-refractivity contribution in [1.29, 1.82) is 0 Å². The van der Waals surface area contributed by atoms with Gasteiger partial charge in [-0.05, 0) is 76.4 Å². The second-order valence-corrected chi connectivity index (χ2v) is 6.88. The lowest BCUT2D eigenvalue weighted by Gasteiger charge is -2.20. The first-order valence-corrected chi connectivity index (χ1v) is 10.3. The van der Waals surface area contributed by atoms with Gasteiger partial charge in [-0.3, -0.25) is 4.90 Å². The molecule has 0 aliphatic carbocycles. The SMILES string of the molecule is C/C=C/COc1cc(C)c(OCCCCN(CC)CC(CC)=NOC)c(C)c1. The summed E-state index contributed by atoms with van der Waals surface area (Å²) in [7, 11) is 1.61. The lowest BCUT2D eigenvalue weighted by Crippen LogP contribution is -2.30. The van der Waals surface area contributed by atoms with Crippen molar-refractivity contribution in [2.75, 3.05) is 40.0 Å². The van der Waals surface area contributed by atoms with Gasteiger partial charge in [0, 0.05) is 6.54 Å². The average molecular weight is 391 g/mol. The van der Waals surface area contributed by atoms with Gasteiger partial charge in [0.25, 0.3) is 0 Å². The smallest absolute Gasteiger partial charge is 0.125 e. The highest BCUT2D eigenvalue weighted by atomic mass is 16.6. The third-order valence-corrected chi connectivity index (χ3v) is 4.61. The van der Waals surface area contributed by atoms with E-state index in [1.165, 1.54) is 0 Å². The van der Waals surface area contributed by atoms with E-state index in [9.17, 15) is 0 Å². The first kappa shape index (κ1) is 24.0. The normalized spacial score (nSPS) is 12.0. The molecule has 0 aromatic heterocycles. The molecule has 0 bridgehead atoms. The van der Waals surface area contributed by atoms with Crippen LogP contribution >= 0.6 is 0 Å². The molecule has 0 aliphatic rings. The van der Waals surface area contributed by atoms with Crippen LogP contribution in [0.1, 0.15) is 51.2 Å². The molecule has 1 aromatic carbocycles. The van der Waals surface area contributed by atoms with Crippen molar-refractivity contribution < 1.29 is 14.3 Å². The molecule has 158 valence electrons. The van der Waals surface area contributed by atoms with Gasteiger partial charge in [-0.1, -0.05) is 31.2 Å². The van der Waals surface area contributed by atoms with Gasteiger partial charge in [0.05, 0.1) is 12.3 Å². The van der Waals surface area contributed by atoms with Crippen molar-refractivity contribution in [3.8, 4) is 11.5 Å². The van der Waals surface area contributed by atoms with E-state index in [0.29, 0.717) is 6.61 Å². The third kappa shape index (κ3) is 8.79. The first-order chi connectivity index (χ1) is 13.5. The van der Waals surface area contributed by atoms with Gasteiger partial charge in [-0.2, -0.15) is 0 Å². The van der Waals surface area contributed by atoms with Crippen LogP contribution in [0.25, 0.3) is 0 Å². The quantitative estimate of drug-likeness (QED) is 0.191. The van der Waals surface area contributed by atoms with Crippen molar-refractivity contribution in [2.24, 2.45) is 5.16 Å². The molecule has 5 heteroatoms. The Morgan fingerprint density at radius 2 is 1.82 bits per heavy atom. The molecular weight excluding hydrogens is 352 g/mol. The highest BCUT2D eigenvalue weighted by Gasteiger charge is 2.09. The van der Waals surface area contributed by atoms with Gasteiger partial charge < -0.3 is 14.3 Å². The summed E-state index contributed by atoms with van der Waals surface area (Å²) in [5.74, 6) is 1.87. The van der Waals surface area contributed by atoms with Gasteiger partial charge in [-0.25, -0.2) is 0 Å². The molecule has 0 amide bonds. The predicted molar refractivity (Wildman–Crippen MR) is 118 cm³/mol. The molecular formula is C23H38N2O3. The summed E-state index contributed by atoms with van der Waals surface area (Å²) in [6.07, 6.45) is 7.03. The fourth-order valence-electron chi connectivity index (χ4n) is 3.02. The minimum atomic E-state index is 0.596. The molecule has 0 atom stereocenters. The first-order valence-electron chi connectivity index (χ1n) is 10.3. The Morgan fingerprint density at radius 1 is 1.11 bits per heavy atom. The van der Waals surface area contributed by atoms with Crippen molar-refractivity contribution in [2.45, 2.75) is 53.9 Å². The fourth-order valence-corrected chi connectivity index (χ4v) is 3.02. The number of nitrogens with zero attached hydrogens (tertiary/aromatic N) is 2. The molecule has 0 fully saturated rings. The zero-order valence-corrected chi connectivity index (χ0v) is 18.6. The van der Waals surface area contributed by atoms with Crippen molar-refractivity contribution in [1.82, 2.24) is 4.90 Å². The van der Waals surface area contributed by atoms with Gasteiger partial charge in [-0.15, -0.1) is 0 Å². The molecule has 0 saturated heterocycles. The van der Waals surface area contributed by atoms with E-state index in [0.717, 1.165) is 73.8 Å². The maximum Gasteiger partial charge on any atom is 0.125 e. The summed E-state index contributed by atoms with van der Waals surface area (Å²) in [4.78, 5) is 7.32. The lowest BCUT2D eigenvalue weighted by molar-refractivity contribution is 0.208. The largest absolute Gasteiger partial charge is 0.493 e. The molecule has 1 rings (SSSR count). The number of rotatable bonds is 14. The van der Waals surface area contributed by atoms with Crippen molar-refractivity contribution in [3.63, 3.8) is 0 Å². The number of oxime groups is 1. The Morgan fingerprint density at radius 3 is 2.39 bits per heavy atom. The van der Waals surface area contributed by atoms with Crippen LogP contribution in [0.15, 0.2) is 29.4 Å². The average Bonchev–Trinajstić information content (AvgIpc) is 2.68. The van der Waals surface area contributed by atoms with E-state index in [-0.39, 0.29) is 0 Å². The second-order valence-electron chi connectivity index (χ2n) is 6.88. The zero-order chi connectivity index (χ0) is 20.8. The minimum absolute atomic E-state index is 0.596. The van der Waals surface area contributed by atoms with Crippen LogP contribution in [-0.2, 0) is 4.84 Å². The van der Waals surface area contributed by atoms with Crippen LogP contribution in [-0.4, -0.2) is 50.6 Å². The monoisotopic (exact) mass is 390 g/mol. The molecule has 0 radical (unpaired) electrons. The van der Waals surface area contributed by atoms with E-state index >= 15 is 0 Å². The van der Waals surface area contributed by atoms with Crippen LogP contribution in [0.4, 0.5) is 0 Å². The van der Waals surface area contributed by atoms with Crippen molar-refractivity contribution >= 4 is 5.71 Å². The van der Waals surface area contributed by atoms with Crippen LogP contribution in [0.5, 0.6) is 11.5 Å². The topological polar surface area (TPSA) is 43.3 Å². The standard InChI is InChI=1S/C23H38N2O3/c1-7-10-14-27-22-16-19(4)23(20(5)17-22)28-15-12-11-13-25(9-3)18-21(8-2)24-26-6/h7,10,16-17H,8-9,11-15,18H2,1-6H3/b10-7+,24-21?. The second kappa shape index (κ2) is 14.1. The Labute approximate surface area is 171 Å². The van der Waals surface area contributed by atoms with Gasteiger partial charge in [0.2, 0.25) is 0 Å². The molecule has 5 nitrogen and oxygen atoms in total. The number of hydrogen-bond donors (Lipinski definition) is 0. The minimum Gasteiger partial charge on any atom is -0.493 e. The number of ether oxygens (including phenoxy) is 2. The summed E-state index contributed by atoms with van der Waals surface area (Å²) in [6, 6.07) is 4.10. The van der Waals surface area contributed by atoms with Gasteiger partial charge in [0.15, 0.2) is 0 Å². The third-order valence-electron chi connectivity index (χ3n) is 4.61. The zero-order valence-electron chi connectivity index (χ0n) is 18.6. The Balaban J connectivity index is 2.43. The van der Waals surface area contributed by atoms with E-state index in [1.807, 2.05) is 31.2 Å². The summed E-state index contributed by atoms with van der Waals surface area (Å²) >= 11 is 0. The van der Waals surface area contributed by atoms with E-state index in [4.69, 9.17) is 14.3 Å². The number of hydrogen-bond acceptors (Lipinski definition) is 5. The fraction of sp³-hybridized carbons (Fsp3) is 0.609. The number of benzene rings is 1. The van der Waals surface area contributed by atoms with Crippen LogP contribution in [0.3, 0.4) is 0 Å². The van der Waals surface area contributed by atoms with E-state index < -0.39 is 0 Å². The van der Waals surface area contributed by atoms with Gasteiger partial charge >= 0.3 is 0 Å². The number of aryl methyl sites for hydroxylation is 2. The predicted octanol–water partition coefficient (Wildman–Crippen LogP) is 5.15. The summed E-state index contributed by atoms with van der Waals surface area (Å²) in [5, 5.41) is 4.10. The van der Waals surface area contributed by atoms with Crippen molar-refractivity contribution in [3.05, 3.63) is 35.4 Å². The molecule has 0 spiro atoms. The molecule has 0 N–H and O–H groups in total. The Kier molecular flexibility index (Phi) is 12.1. The summed E-state index contributed by atoms with van der Waals surface area (Å²) in [6.45, 7) is 14.7. The molecule has 28 heavy (non-hydrogen) atoms. The highest BCUT2D eigenvalue weighted by Crippen LogP contribution is 2.28. The molecule has 0 aliphatic heterocycles. The molecule has 0 unspecified atom stereocenters.